The van der Waals surface area contributed by atoms with E-state index in [1.165, 1.54) is 0 Å². The molecule has 1 aliphatic carbocycles. The van der Waals surface area contributed by atoms with Crippen LogP contribution in [0.1, 0.15) is 66.2 Å². The Labute approximate surface area is 135 Å². The molecule has 22 heavy (non-hydrogen) atoms. The van der Waals surface area contributed by atoms with E-state index in [0.29, 0.717) is 31.1 Å². The second-order valence-electron chi connectivity index (χ2n) is 8.72. The van der Waals surface area contributed by atoms with E-state index >= 15 is 0 Å². The van der Waals surface area contributed by atoms with Crippen LogP contribution in [-0.4, -0.2) is 36.4 Å². The Hall–Kier alpha value is -0.610. The van der Waals surface area contributed by atoms with Gasteiger partial charge in [0.25, 0.3) is 0 Å². The summed E-state index contributed by atoms with van der Waals surface area (Å²) in [6, 6.07) is 0. The molecule has 0 radical (unpaired) electrons. The fourth-order valence-electron chi connectivity index (χ4n) is 3.71. The Bertz CT molecular complexity index is 386. The average molecular weight is 311 g/mol. The Morgan fingerprint density at radius 2 is 1.73 bits per heavy atom. The maximum absolute atomic E-state index is 12.5. The van der Waals surface area contributed by atoms with Crippen LogP contribution >= 0.6 is 0 Å². The van der Waals surface area contributed by atoms with Crippen LogP contribution in [0.3, 0.4) is 0 Å². The monoisotopic (exact) mass is 311 g/mol. The van der Waals surface area contributed by atoms with Crippen LogP contribution in [0.15, 0.2) is 0 Å². The average Bonchev–Trinajstić information content (AvgIpc) is 2.45. The summed E-state index contributed by atoms with van der Waals surface area (Å²) in [5, 5.41) is 13.8. The van der Waals surface area contributed by atoms with Crippen LogP contribution < -0.4 is 5.32 Å². The van der Waals surface area contributed by atoms with Gasteiger partial charge in [0.15, 0.2) is 0 Å². The smallest absolute Gasteiger partial charge is 0.226 e. The maximum atomic E-state index is 12.5. The number of hydrogen-bond acceptors (Lipinski definition) is 3. The van der Waals surface area contributed by atoms with Crippen LogP contribution in [0.4, 0.5) is 0 Å². The van der Waals surface area contributed by atoms with E-state index in [2.05, 4.69) is 26.1 Å². The van der Waals surface area contributed by atoms with Crippen LogP contribution in [0.5, 0.6) is 0 Å². The molecule has 2 fully saturated rings. The van der Waals surface area contributed by atoms with Crippen molar-refractivity contribution in [3.63, 3.8) is 0 Å². The third-order valence-electron chi connectivity index (χ3n) is 5.86. The highest BCUT2D eigenvalue weighted by atomic mass is 16.5. The molecular formula is C18H33NO3. The quantitative estimate of drug-likeness (QED) is 0.842. The molecule has 1 aliphatic heterocycles. The molecule has 0 aromatic heterocycles. The number of carbonyl (C=O) groups excluding carboxylic acids is 1. The molecule has 0 bridgehead atoms. The molecule has 2 aliphatic rings. The van der Waals surface area contributed by atoms with Gasteiger partial charge in [0.2, 0.25) is 5.91 Å². The normalized spacial score (nSPS) is 32.5. The minimum absolute atomic E-state index is 0.0715. The van der Waals surface area contributed by atoms with Gasteiger partial charge in [0.05, 0.1) is 11.0 Å². The summed E-state index contributed by atoms with van der Waals surface area (Å²) in [4.78, 5) is 12.5. The second kappa shape index (κ2) is 6.48. The van der Waals surface area contributed by atoms with E-state index in [-0.39, 0.29) is 11.3 Å². The zero-order chi connectivity index (χ0) is 16.4. The molecule has 0 aromatic rings. The van der Waals surface area contributed by atoms with Gasteiger partial charge in [-0.05, 0) is 49.9 Å². The second-order valence-corrected chi connectivity index (χ2v) is 8.72. The number of amides is 1. The lowest BCUT2D eigenvalue weighted by Crippen LogP contribution is -2.50. The number of rotatable bonds is 3. The first-order valence-electron chi connectivity index (χ1n) is 8.73. The minimum Gasteiger partial charge on any atom is -0.388 e. The van der Waals surface area contributed by atoms with E-state index in [0.717, 1.165) is 38.5 Å². The van der Waals surface area contributed by atoms with E-state index in [1.54, 1.807) is 0 Å². The van der Waals surface area contributed by atoms with E-state index in [4.69, 9.17) is 4.74 Å². The standard InChI is InChI=1S/C18H33NO3/c1-16(2,3)14-5-7-18(21,8-6-14)13-19-15(20)17(4)9-11-22-12-10-17/h14,21H,5-13H2,1-4H3,(H,19,20). The SMILES string of the molecule is CC1(C(=O)NCC2(O)CCC(C(C)(C)C)CC2)CCOCC1. The molecule has 4 nitrogen and oxygen atoms in total. The van der Waals surface area contributed by atoms with Crippen molar-refractivity contribution in [2.45, 2.75) is 71.8 Å². The fourth-order valence-corrected chi connectivity index (χ4v) is 3.71. The molecule has 1 amide bonds. The summed E-state index contributed by atoms with van der Waals surface area (Å²) in [6.45, 7) is 10.5. The third-order valence-corrected chi connectivity index (χ3v) is 5.86. The fraction of sp³-hybridized carbons (Fsp3) is 0.944. The van der Waals surface area contributed by atoms with Crippen molar-refractivity contribution in [3.05, 3.63) is 0 Å². The maximum Gasteiger partial charge on any atom is 0.226 e. The van der Waals surface area contributed by atoms with Crippen molar-refractivity contribution in [3.8, 4) is 0 Å². The summed E-state index contributed by atoms with van der Waals surface area (Å²) in [6.07, 6.45) is 5.19. The Kier molecular flexibility index (Phi) is 5.23. The Morgan fingerprint density at radius 3 is 2.23 bits per heavy atom. The molecule has 0 atom stereocenters. The summed E-state index contributed by atoms with van der Waals surface area (Å²) in [7, 11) is 0. The van der Waals surface area contributed by atoms with Gasteiger partial charge in [0, 0.05) is 19.8 Å². The van der Waals surface area contributed by atoms with Gasteiger partial charge in [-0.1, -0.05) is 27.7 Å². The highest BCUT2D eigenvalue weighted by Crippen LogP contribution is 2.41. The van der Waals surface area contributed by atoms with Gasteiger partial charge in [-0.25, -0.2) is 0 Å². The first kappa shape index (κ1) is 17.7. The number of ether oxygens (including phenoxy) is 1. The van der Waals surface area contributed by atoms with Crippen LogP contribution in [0.25, 0.3) is 0 Å². The molecule has 128 valence electrons. The van der Waals surface area contributed by atoms with Crippen molar-refractivity contribution in [1.29, 1.82) is 0 Å². The van der Waals surface area contributed by atoms with Gasteiger partial charge < -0.3 is 15.2 Å². The Balaban J connectivity index is 1.82. The summed E-state index contributed by atoms with van der Waals surface area (Å²) in [5.41, 5.74) is -0.754. The first-order valence-corrected chi connectivity index (χ1v) is 8.73. The van der Waals surface area contributed by atoms with Crippen LogP contribution in [0.2, 0.25) is 0 Å². The number of carbonyl (C=O) groups is 1. The van der Waals surface area contributed by atoms with Gasteiger partial charge in [-0.15, -0.1) is 0 Å². The van der Waals surface area contributed by atoms with Crippen molar-refractivity contribution in [2.75, 3.05) is 19.8 Å². The lowest BCUT2D eigenvalue weighted by Gasteiger charge is -2.42. The third kappa shape index (κ3) is 4.23. The van der Waals surface area contributed by atoms with E-state index in [1.807, 2.05) is 6.92 Å². The molecular weight excluding hydrogens is 278 g/mol. The molecule has 2 rings (SSSR count). The summed E-state index contributed by atoms with van der Waals surface area (Å²) < 4.78 is 5.34. The van der Waals surface area contributed by atoms with E-state index < -0.39 is 5.60 Å². The van der Waals surface area contributed by atoms with Gasteiger partial charge >= 0.3 is 0 Å². The van der Waals surface area contributed by atoms with Crippen molar-refractivity contribution >= 4 is 5.91 Å². The molecule has 1 heterocycles. The van der Waals surface area contributed by atoms with Crippen LogP contribution in [0, 0.1) is 16.7 Å². The van der Waals surface area contributed by atoms with Gasteiger partial charge in [-0.3, -0.25) is 4.79 Å². The predicted octanol–water partition coefficient (Wildman–Crippen LogP) is 2.89. The Morgan fingerprint density at radius 1 is 1.18 bits per heavy atom. The first-order chi connectivity index (χ1) is 10.1. The highest BCUT2D eigenvalue weighted by Gasteiger charge is 2.40. The molecule has 2 N–H and O–H groups in total. The topological polar surface area (TPSA) is 58.6 Å². The van der Waals surface area contributed by atoms with Crippen molar-refractivity contribution in [1.82, 2.24) is 5.32 Å². The summed E-state index contributed by atoms with van der Waals surface area (Å²) in [5.74, 6) is 0.735. The van der Waals surface area contributed by atoms with Crippen molar-refractivity contribution in [2.24, 2.45) is 16.7 Å². The molecule has 0 aromatic carbocycles. The predicted molar refractivity (Wildman–Crippen MR) is 87.5 cm³/mol. The largest absolute Gasteiger partial charge is 0.388 e. The van der Waals surface area contributed by atoms with Gasteiger partial charge in [-0.2, -0.15) is 0 Å². The molecule has 0 unspecified atom stereocenters. The highest BCUT2D eigenvalue weighted by molar-refractivity contribution is 5.82. The number of hydrogen-bond donors (Lipinski definition) is 2. The minimum atomic E-state index is -0.723. The molecule has 0 spiro atoms. The van der Waals surface area contributed by atoms with E-state index in [9.17, 15) is 9.90 Å². The molecule has 4 heteroatoms. The number of nitrogens with one attached hydrogen (secondary N) is 1. The lowest BCUT2D eigenvalue weighted by atomic mass is 9.68. The zero-order valence-electron chi connectivity index (χ0n) is 14.7. The zero-order valence-corrected chi connectivity index (χ0v) is 14.7. The summed E-state index contributed by atoms with van der Waals surface area (Å²) >= 11 is 0. The molecule has 1 saturated heterocycles. The van der Waals surface area contributed by atoms with Crippen LogP contribution in [-0.2, 0) is 9.53 Å². The van der Waals surface area contributed by atoms with Crippen molar-refractivity contribution < 1.29 is 14.6 Å². The number of aliphatic hydroxyl groups is 1. The molecule has 1 saturated carbocycles. The lowest BCUT2D eigenvalue weighted by molar-refractivity contribution is -0.137. The van der Waals surface area contributed by atoms with Gasteiger partial charge in [0.1, 0.15) is 0 Å².